The predicted octanol–water partition coefficient (Wildman–Crippen LogP) is 12.0. The second-order valence-electron chi connectivity index (χ2n) is 13.2. The van der Waals surface area contributed by atoms with E-state index in [1.165, 1.54) is 37.7 Å². The molecule has 0 radical (unpaired) electrons. The third kappa shape index (κ3) is 6.28. The van der Waals surface area contributed by atoms with Gasteiger partial charge in [0.15, 0.2) is 5.60 Å². The van der Waals surface area contributed by atoms with E-state index in [9.17, 15) is 4.79 Å². The Morgan fingerprint density at radius 1 is 0.735 bits per heavy atom. The standard InChI is InChI=1S/C43H43ClN2O3/c1-4-6-8-11-25-46(33-21-15-30(16-22-33)12-7-5-2)34-23-24-37-41(27-34)48-40-26-29(3)39(45-32-19-17-31(44)18-20-32)28-38(40)43(37)36-14-10-9-13-35(36)42(47)49-43/h9-10,13-24,26-28,45H,4-8,11-12,25H2,1-3H3. The fourth-order valence-electron chi connectivity index (χ4n) is 7.13. The number of anilines is 4. The van der Waals surface area contributed by atoms with E-state index < -0.39 is 5.60 Å². The first-order valence-electron chi connectivity index (χ1n) is 17.6. The lowest BCUT2D eigenvalue weighted by atomic mass is 9.77. The number of rotatable bonds is 12. The highest BCUT2D eigenvalue weighted by atomic mass is 35.5. The molecule has 5 aromatic carbocycles. The Morgan fingerprint density at radius 2 is 1.47 bits per heavy atom. The van der Waals surface area contributed by atoms with E-state index in [1.807, 2.05) is 54.6 Å². The van der Waals surface area contributed by atoms with Crippen molar-refractivity contribution in [1.82, 2.24) is 0 Å². The summed E-state index contributed by atoms with van der Waals surface area (Å²) < 4.78 is 13.3. The molecular weight excluding hydrogens is 628 g/mol. The molecule has 1 unspecified atom stereocenters. The number of hydrogen-bond donors (Lipinski definition) is 1. The Morgan fingerprint density at radius 3 is 2.24 bits per heavy atom. The number of carbonyl (C=O) groups is 1. The first-order chi connectivity index (χ1) is 23.9. The Hall–Kier alpha value is -4.74. The van der Waals surface area contributed by atoms with E-state index in [1.54, 1.807) is 0 Å². The van der Waals surface area contributed by atoms with E-state index in [2.05, 4.69) is 79.5 Å². The normalized spacial score (nSPS) is 15.6. The van der Waals surface area contributed by atoms with Gasteiger partial charge in [0.2, 0.25) is 0 Å². The third-order valence-electron chi connectivity index (χ3n) is 9.78. The van der Waals surface area contributed by atoms with Crippen LogP contribution in [0.4, 0.5) is 22.7 Å². The Kier molecular flexibility index (Phi) is 9.38. The fourth-order valence-corrected chi connectivity index (χ4v) is 7.25. The number of hydrogen-bond acceptors (Lipinski definition) is 5. The van der Waals surface area contributed by atoms with Crippen molar-refractivity contribution in [2.45, 2.75) is 71.3 Å². The number of fused-ring (bicyclic) bond motifs is 6. The molecule has 250 valence electrons. The van der Waals surface area contributed by atoms with Crippen molar-refractivity contribution < 1.29 is 14.3 Å². The molecule has 1 spiro atoms. The number of halogens is 1. The molecule has 0 aliphatic carbocycles. The van der Waals surface area contributed by atoms with Crippen LogP contribution in [0.3, 0.4) is 0 Å². The molecule has 7 rings (SSSR count). The summed E-state index contributed by atoms with van der Waals surface area (Å²) in [6.07, 6.45) is 8.15. The van der Waals surface area contributed by atoms with Crippen LogP contribution >= 0.6 is 11.6 Å². The summed E-state index contributed by atoms with van der Waals surface area (Å²) in [7, 11) is 0. The summed E-state index contributed by atoms with van der Waals surface area (Å²) in [6.45, 7) is 7.42. The van der Waals surface area contributed by atoms with Gasteiger partial charge < -0.3 is 19.7 Å². The van der Waals surface area contributed by atoms with Crippen LogP contribution in [0.15, 0.2) is 103 Å². The van der Waals surface area contributed by atoms with E-state index >= 15 is 0 Å². The van der Waals surface area contributed by atoms with Gasteiger partial charge in [-0.25, -0.2) is 4.79 Å². The van der Waals surface area contributed by atoms with E-state index in [0.717, 1.165) is 64.4 Å². The minimum Gasteiger partial charge on any atom is -0.456 e. The predicted molar refractivity (Wildman–Crippen MR) is 200 cm³/mol. The molecule has 49 heavy (non-hydrogen) atoms. The summed E-state index contributed by atoms with van der Waals surface area (Å²) in [5.41, 5.74) is 8.20. The van der Waals surface area contributed by atoms with Crippen molar-refractivity contribution >= 4 is 40.3 Å². The molecule has 1 N–H and O–H groups in total. The van der Waals surface area contributed by atoms with E-state index in [0.29, 0.717) is 22.1 Å². The molecular formula is C43H43ClN2O3. The molecule has 6 heteroatoms. The first kappa shape index (κ1) is 32.8. The molecule has 0 saturated carbocycles. The number of esters is 1. The SMILES string of the molecule is CCCCCCN(c1ccc(CCCC)cc1)c1ccc2c(c1)Oc1cc(C)c(Nc3ccc(Cl)cc3)cc1C21OC(=O)c2ccccc21. The maximum Gasteiger partial charge on any atom is 0.340 e. The first-order valence-corrected chi connectivity index (χ1v) is 18.0. The summed E-state index contributed by atoms with van der Waals surface area (Å²) in [4.78, 5) is 16.0. The summed E-state index contributed by atoms with van der Waals surface area (Å²) in [5, 5.41) is 4.21. The molecule has 0 fully saturated rings. The quantitative estimate of drug-likeness (QED) is 0.106. The largest absolute Gasteiger partial charge is 0.456 e. The van der Waals surface area contributed by atoms with E-state index in [4.69, 9.17) is 21.1 Å². The molecule has 2 aliphatic rings. The molecule has 2 aliphatic heterocycles. The van der Waals surface area contributed by atoms with Crippen LogP contribution in [0.1, 0.15) is 90.5 Å². The molecule has 0 aromatic heterocycles. The minimum atomic E-state index is -1.16. The van der Waals surface area contributed by atoms with Crippen LogP contribution < -0.4 is 15.0 Å². The Bertz CT molecular complexity index is 1970. The van der Waals surface area contributed by atoms with Gasteiger partial charge in [-0.3, -0.25) is 0 Å². The summed E-state index contributed by atoms with van der Waals surface area (Å²) in [6, 6.07) is 34.8. The van der Waals surface area contributed by atoms with Crippen molar-refractivity contribution in [2.24, 2.45) is 0 Å². The van der Waals surface area contributed by atoms with Crippen molar-refractivity contribution in [2.75, 3.05) is 16.8 Å². The van der Waals surface area contributed by atoms with Crippen LogP contribution in [0.2, 0.25) is 5.02 Å². The zero-order valence-corrected chi connectivity index (χ0v) is 29.3. The summed E-state index contributed by atoms with van der Waals surface area (Å²) in [5.74, 6) is 1.01. The maximum absolute atomic E-state index is 13.6. The highest BCUT2D eigenvalue weighted by Gasteiger charge is 2.53. The van der Waals surface area contributed by atoms with Gasteiger partial charge in [0.25, 0.3) is 0 Å². The van der Waals surface area contributed by atoms with Crippen LogP contribution in [-0.2, 0) is 16.8 Å². The number of nitrogens with zero attached hydrogens (tertiary/aromatic N) is 1. The molecule has 0 bridgehead atoms. The summed E-state index contributed by atoms with van der Waals surface area (Å²) >= 11 is 6.16. The highest BCUT2D eigenvalue weighted by Crippen LogP contribution is 2.57. The maximum atomic E-state index is 13.6. The number of unbranched alkanes of at least 4 members (excludes halogenated alkanes) is 4. The topological polar surface area (TPSA) is 50.8 Å². The average Bonchev–Trinajstić information content (AvgIpc) is 3.41. The molecule has 0 saturated heterocycles. The second-order valence-corrected chi connectivity index (χ2v) is 13.6. The van der Waals surface area contributed by atoms with Crippen LogP contribution in [0.25, 0.3) is 0 Å². The Labute approximate surface area is 294 Å². The molecule has 5 aromatic rings. The molecule has 1 atom stereocenters. The lowest BCUT2D eigenvalue weighted by Crippen LogP contribution is -2.33. The van der Waals surface area contributed by atoms with Crippen LogP contribution in [-0.4, -0.2) is 12.5 Å². The van der Waals surface area contributed by atoms with Crippen LogP contribution in [0, 0.1) is 6.92 Å². The number of ether oxygens (including phenoxy) is 2. The number of nitrogens with one attached hydrogen (secondary N) is 1. The van der Waals surface area contributed by atoms with Gasteiger partial charge in [-0.15, -0.1) is 0 Å². The zero-order chi connectivity index (χ0) is 34.0. The number of carbonyl (C=O) groups excluding carboxylic acids is 1. The van der Waals surface area contributed by atoms with Gasteiger partial charge in [0, 0.05) is 57.1 Å². The minimum absolute atomic E-state index is 0.341. The lowest BCUT2D eigenvalue weighted by Gasteiger charge is -2.38. The van der Waals surface area contributed by atoms with Gasteiger partial charge >= 0.3 is 5.97 Å². The fraction of sp³-hybridized carbons (Fsp3) is 0.279. The zero-order valence-electron chi connectivity index (χ0n) is 28.5. The van der Waals surface area contributed by atoms with Crippen molar-refractivity contribution in [3.63, 3.8) is 0 Å². The van der Waals surface area contributed by atoms with Crippen molar-refractivity contribution in [3.8, 4) is 11.5 Å². The monoisotopic (exact) mass is 670 g/mol. The molecule has 5 nitrogen and oxygen atoms in total. The Balaban J connectivity index is 1.33. The van der Waals surface area contributed by atoms with Crippen LogP contribution in [0.5, 0.6) is 11.5 Å². The van der Waals surface area contributed by atoms with Gasteiger partial charge in [-0.2, -0.15) is 0 Å². The van der Waals surface area contributed by atoms with Gasteiger partial charge in [0.05, 0.1) is 5.56 Å². The number of benzene rings is 5. The van der Waals surface area contributed by atoms with Crippen molar-refractivity contribution in [3.05, 3.63) is 142 Å². The average molecular weight is 671 g/mol. The third-order valence-corrected chi connectivity index (χ3v) is 10.0. The second kappa shape index (κ2) is 14.0. The smallest absolute Gasteiger partial charge is 0.340 e. The molecule has 0 amide bonds. The van der Waals surface area contributed by atoms with Gasteiger partial charge in [-0.1, -0.05) is 81.5 Å². The van der Waals surface area contributed by atoms with E-state index in [-0.39, 0.29) is 5.97 Å². The van der Waals surface area contributed by atoms with Gasteiger partial charge in [-0.05, 0) is 104 Å². The highest BCUT2D eigenvalue weighted by molar-refractivity contribution is 6.30. The van der Waals surface area contributed by atoms with Crippen molar-refractivity contribution in [1.29, 1.82) is 0 Å². The molecule has 2 heterocycles. The van der Waals surface area contributed by atoms with Gasteiger partial charge in [0.1, 0.15) is 11.5 Å². The number of aryl methyl sites for hydroxylation is 2. The lowest BCUT2D eigenvalue weighted by molar-refractivity contribution is 0.0224.